The van der Waals surface area contributed by atoms with Crippen molar-refractivity contribution in [3.05, 3.63) is 101 Å². The molecule has 0 aliphatic carbocycles. The van der Waals surface area contributed by atoms with Crippen LogP contribution in [-0.2, 0) is 17.6 Å². The van der Waals surface area contributed by atoms with Gasteiger partial charge in [-0.3, -0.25) is 0 Å². The van der Waals surface area contributed by atoms with Crippen molar-refractivity contribution >= 4 is 5.71 Å². The van der Waals surface area contributed by atoms with E-state index in [-0.39, 0.29) is 12.4 Å². The van der Waals surface area contributed by atoms with Gasteiger partial charge in [0.25, 0.3) is 0 Å². The van der Waals surface area contributed by atoms with E-state index < -0.39 is 11.7 Å². The molecule has 0 radical (unpaired) electrons. The van der Waals surface area contributed by atoms with E-state index >= 15 is 0 Å². The van der Waals surface area contributed by atoms with Gasteiger partial charge < -0.3 is 9.57 Å². The summed E-state index contributed by atoms with van der Waals surface area (Å²) in [4.78, 5) is 4.95. The highest BCUT2D eigenvalue weighted by atomic mass is 19.4. The fourth-order valence-electron chi connectivity index (χ4n) is 2.73. The Morgan fingerprint density at radius 3 is 2.17 bits per heavy atom. The third-order valence-electron chi connectivity index (χ3n) is 4.15. The lowest BCUT2D eigenvalue weighted by Gasteiger charge is -2.14. The van der Waals surface area contributed by atoms with Gasteiger partial charge in [0, 0.05) is 11.1 Å². The van der Waals surface area contributed by atoms with Crippen molar-refractivity contribution < 1.29 is 27.1 Å². The molecule has 0 amide bonds. The number of benzene rings is 3. The summed E-state index contributed by atoms with van der Waals surface area (Å²) in [6, 6.07) is 17.5. The van der Waals surface area contributed by atoms with Crippen molar-refractivity contribution in [1.82, 2.24) is 0 Å². The minimum absolute atomic E-state index is 0.103. The molecule has 7 heteroatoms. The Kier molecular flexibility index (Phi) is 6.16. The number of rotatable bonds is 6. The highest BCUT2D eigenvalue weighted by Gasteiger charge is 2.30. The molecular weight excluding hydrogens is 386 g/mol. The van der Waals surface area contributed by atoms with Crippen LogP contribution in [0, 0.1) is 5.82 Å². The molecule has 3 aromatic carbocycles. The summed E-state index contributed by atoms with van der Waals surface area (Å²) in [6.07, 6.45) is -4.40. The van der Waals surface area contributed by atoms with Gasteiger partial charge in [0.05, 0.1) is 5.56 Å². The second-order valence-electron chi connectivity index (χ2n) is 6.10. The second-order valence-corrected chi connectivity index (χ2v) is 6.10. The zero-order valence-corrected chi connectivity index (χ0v) is 15.4. The Labute approximate surface area is 165 Å². The van der Waals surface area contributed by atoms with Crippen LogP contribution in [0.2, 0.25) is 0 Å². The van der Waals surface area contributed by atoms with Crippen LogP contribution in [0.3, 0.4) is 0 Å². The van der Waals surface area contributed by atoms with E-state index in [0.717, 1.165) is 17.7 Å². The zero-order chi connectivity index (χ0) is 20.9. The smallest absolute Gasteiger partial charge is 0.416 e. The largest absolute Gasteiger partial charge is 0.489 e. The summed E-state index contributed by atoms with van der Waals surface area (Å²) in [6.45, 7) is 0.103. The predicted octanol–water partition coefficient (Wildman–Crippen LogP) is 5.82. The average molecular weight is 403 g/mol. The van der Waals surface area contributed by atoms with E-state index in [1.54, 1.807) is 12.1 Å². The Balaban J connectivity index is 1.84. The van der Waals surface area contributed by atoms with Crippen molar-refractivity contribution in [2.45, 2.75) is 12.8 Å². The van der Waals surface area contributed by atoms with Crippen LogP contribution < -0.4 is 4.74 Å². The molecule has 29 heavy (non-hydrogen) atoms. The molecule has 0 aromatic heterocycles. The number of oxime groups is 1. The predicted molar refractivity (Wildman–Crippen MR) is 101 cm³/mol. The first-order valence-corrected chi connectivity index (χ1v) is 8.64. The molecule has 0 N–H and O–H groups in total. The summed E-state index contributed by atoms with van der Waals surface area (Å²) in [7, 11) is 1.41. The van der Waals surface area contributed by atoms with E-state index in [1.807, 2.05) is 24.3 Å². The van der Waals surface area contributed by atoms with E-state index in [9.17, 15) is 17.6 Å². The molecule has 0 saturated carbocycles. The maximum absolute atomic E-state index is 13.3. The lowest BCUT2D eigenvalue weighted by Crippen LogP contribution is -2.10. The van der Waals surface area contributed by atoms with Gasteiger partial charge in [-0.05, 0) is 54.1 Å². The molecule has 0 fully saturated rings. The van der Waals surface area contributed by atoms with Crippen molar-refractivity contribution in [3.63, 3.8) is 0 Å². The van der Waals surface area contributed by atoms with E-state index in [1.165, 1.54) is 31.4 Å². The van der Waals surface area contributed by atoms with E-state index in [4.69, 9.17) is 9.57 Å². The number of hydrogen-bond acceptors (Lipinski definition) is 3. The Morgan fingerprint density at radius 2 is 1.55 bits per heavy atom. The second kappa shape index (κ2) is 8.77. The Hall–Kier alpha value is -3.35. The molecule has 0 spiro atoms. The molecule has 0 unspecified atom stereocenters. The molecule has 0 heterocycles. The molecule has 0 aliphatic heterocycles. The van der Waals surface area contributed by atoms with E-state index in [0.29, 0.717) is 22.6 Å². The normalized spacial score (nSPS) is 12.0. The lowest BCUT2D eigenvalue weighted by atomic mass is 9.98. The van der Waals surface area contributed by atoms with Gasteiger partial charge in [0.2, 0.25) is 0 Å². The molecule has 3 aromatic rings. The third kappa shape index (κ3) is 5.13. The average Bonchev–Trinajstić information content (AvgIpc) is 2.71. The first-order valence-electron chi connectivity index (χ1n) is 8.64. The summed E-state index contributed by atoms with van der Waals surface area (Å²) >= 11 is 0. The Bertz CT molecular complexity index is 981. The molecular formula is C22H17F4NO2. The van der Waals surface area contributed by atoms with Crippen LogP contribution >= 0.6 is 0 Å². The molecule has 3 rings (SSSR count). The van der Waals surface area contributed by atoms with Crippen LogP contribution in [0.4, 0.5) is 17.6 Å². The fraction of sp³-hybridized carbons (Fsp3) is 0.136. The summed E-state index contributed by atoms with van der Waals surface area (Å²) in [5.74, 6) is -0.0655. The van der Waals surface area contributed by atoms with Gasteiger partial charge in [-0.1, -0.05) is 29.4 Å². The minimum Gasteiger partial charge on any atom is -0.489 e. The van der Waals surface area contributed by atoms with Crippen molar-refractivity contribution in [3.8, 4) is 5.75 Å². The van der Waals surface area contributed by atoms with Crippen LogP contribution in [0.15, 0.2) is 78.0 Å². The lowest BCUT2D eigenvalue weighted by molar-refractivity contribution is -0.137. The summed E-state index contributed by atoms with van der Waals surface area (Å²) in [5, 5.41) is 4.06. The molecule has 0 aliphatic rings. The molecule has 0 bridgehead atoms. The quantitative estimate of drug-likeness (QED) is 0.295. The van der Waals surface area contributed by atoms with E-state index in [2.05, 4.69) is 5.16 Å². The molecule has 3 nitrogen and oxygen atoms in total. The first kappa shape index (κ1) is 20.4. The first-order chi connectivity index (χ1) is 13.9. The molecule has 0 atom stereocenters. The van der Waals surface area contributed by atoms with Crippen molar-refractivity contribution in [2.75, 3.05) is 7.11 Å². The van der Waals surface area contributed by atoms with Gasteiger partial charge in [0.1, 0.15) is 31.0 Å². The molecule has 150 valence electrons. The summed E-state index contributed by atoms with van der Waals surface area (Å²) in [5.41, 5.74) is 1.84. The number of nitrogens with zero attached hydrogens (tertiary/aromatic N) is 1. The Morgan fingerprint density at radius 1 is 0.897 bits per heavy atom. The number of hydrogen-bond donors (Lipinski definition) is 0. The zero-order valence-electron chi connectivity index (χ0n) is 15.4. The maximum Gasteiger partial charge on any atom is 0.416 e. The van der Waals surface area contributed by atoms with Gasteiger partial charge in [-0.2, -0.15) is 13.2 Å². The number of ether oxygens (including phenoxy) is 1. The highest BCUT2D eigenvalue weighted by molar-refractivity contribution is 6.13. The van der Waals surface area contributed by atoms with Crippen LogP contribution in [0.1, 0.15) is 22.3 Å². The third-order valence-corrected chi connectivity index (χ3v) is 4.15. The van der Waals surface area contributed by atoms with Gasteiger partial charge >= 0.3 is 6.18 Å². The van der Waals surface area contributed by atoms with Crippen molar-refractivity contribution in [2.24, 2.45) is 5.16 Å². The van der Waals surface area contributed by atoms with Crippen LogP contribution in [-0.4, -0.2) is 12.8 Å². The van der Waals surface area contributed by atoms with Gasteiger partial charge in [-0.15, -0.1) is 0 Å². The summed E-state index contributed by atoms with van der Waals surface area (Å²) < 4.78 is 57.0. The topological polar surface area (TPSA) is 30.8 Å². The fourth-order valence-corrected chi connectivity index (χ4v) is 2.73. The SMILES string of the molecule is CO/N=C(/c1ccc(F)cc1)c1ccccc1COc1ccc(C(F)(F)F)cc1. The van der Waals surface area contributed by atoms with Crippen LogP contribution in [0.25, 0.3) is 0 Å². The highest BCUT2D eigenvalue weighted by Crippen LogP contribution is 2.30. The number of halogens is 4. The monoisotopic (exact) mass is 403 g/mol. The maximum atomic E-state index is 13.3. The van der Waals surface area contributed by atoms with Gasteiger partial charge in [-0.25, -0.2) is 4.39 Å². The number of alkyl halides is 3. The molecule has 0 saturated heterocycles. The standard InChI is InChI=1S/C22H17F4NO2/c1-28-27-21(15-6-10-18(23)11-7-15)20-5-3-2-4-16(20)14-29-19-12-8-17(9-13-19)22(24,25)26/h2-13H,14H2,1H3/b27-21-. The van der Waals surface area contributed by atoms with Crippen molar-refractivity contribution in [1.29, 1.82) is 0 Å². The van der Waals surface area contributed by atoms with Crippen LogP contribution in [0.5, 0.6) is 5.75 Å². The van der Waals surface area contributed by atoms with Gasteiger partial charge in [0.15, 0.2) is 0 Å². The minimum atomic E-state index is -4.40.